The minimum atomic E-state index is 0.0122. The van der Waals surface area contributed by atoms with Gasteiger partial charge in [-0.1, -0.05) is 25.1 Å². The van der Waals surface area contributed by atoms with Crippen molar-refractivity contribution in [3.8, 4) is 0 Å². The van der Waals surface area contributed by atoms with Gasteiger partial charge in [0.2, 0.25) is 5.91 Å². The number of nitrogens with one attached hydrogen (secondary N) is 2. The third-order valence-corrected chi connectivity index (χ3v) is 8.96. The number of thiazole rings is 1. The molecule has 2 aliphatic rings. The molecule has 4 N–H and O–H groups in total. The molecule has 0 aliphatic heterocycles. The van der Waals surface area contributed by atoms with Gasteiger partial charge in [0.25, 0.3) is 0 Å². The molecular formula is C29H39N5OS. The van der Waals surface area contributed by atoms with Crippen molar-refractivity contribution in [3.63, 3.8) is 0 Å². The van der Waals surface area contributed by atoms with E-state index in [1.165, 1.54) is 55.8 Å². The summed E-state index contributed by atoms with van der Waals surface area (Å²) < 4.78 is 0. The number of amides is 1. The van der Waals surface area contributed by atoms with E-state index in [1.807, 2.05) is 24.4 Å². The van der Waals surface area contributed by atoms with E-state index in [2.05, 4.69) is 39.2 Å². The van der Waals surface area contributed by atoms with Crippen LogP contribution in [-0.2, 0) is 17.6 Å². The number of fused-ring (bicyclic) bond motifs is 2. The van der Waals surface area contributed by atoms with Crippen LogP contribution in [0.15, 0.2) is 36.5 Å². The van der Waals surface area contributed by atoms with E-state index in [9.17, 15) is 4.79 Å². The number of carbonyl (C=O) groups is 1. The van der Waals surface area contributed by atoms with Gasteiger partial charge in [-0.05, 0) is 94.5 Å². The standard InChI is InChI=1S/C29H39N5OS/c1-2-16-34(23-12-13-26-27(18-23)36-29(30)33-26)17-15-20-7-10-22(11-8-20)32-28(35)14-9-21-19-31-25-6-4-3-5-24(21)25/h3-6,9,14,19-20,22-23,31H,2,7-8,10-13,15-18H2,1H3,(H2,30,33)(H,32,35)/b14-9+. The van der Waals surface area contributed by atoms with E-state index in [0.717, 1.165) is 53.2 Å². The van der Waals surface area contributed by atoms with Crippen LogP contribution in [0.3, 0.4) is 0 Å². The highest BCUT2D eigenvalue weighted by molar-refractivity contribution is 7.15. The van der Waals surface area contributed by atoms with Gasteiger partial charge in [0.05, 0.1) is 5.69 Å². The van der Waals surface area contributed by atoms with Gasteiger partial charge in [-0.15, -0.1) is 11.3 Å². The Bertz CT molecular complexity index is 1190. The fourth-order valence-electron chi connectivity index (χ4n) is 6.04. The van der Waals surface area contributed by atoms with Crippen molar-refractivity contribution in [1.29, 1.82) is 0 Å². The van der Waals surface area contributed by atoms with Crippen LogP contribution in [0.5, 0.6) is 0 Å². The Balaban J connectivity index is 1.06. The van der Waals surface area contributed by atoms with Crippen LogP contribution in [0.2, 0.25) is 0 Å². The molecule has 1 aromatic carbocycles. The van der Waals surface area contributed by atoms with Crippen LogP contribution in [0, 0.1) is 5.92 Å². The van der Waals surface area contributed by atoms with Gasteiger partial charge in [-0.25, -0.2) is 4.98 Å². The first kappa shape index (κ1) is 25.0. The summed E-state index contributed by atoms with van der Waals surface area (Å²) in [5.41, 5.74) is 9.34. The van der Waals surface area contributed by atoms with Crippen molar-refractivity contribution in [1.82, 2.24) is 20.2 Å². The van der Waals surface area contributed by atoms with E-state index in [1.54, 1.807) is 17.4 Å². The smallest absolute Gasteiger partial charge is 0.244 e. The van der Waals surface area contributed by atoms with Gasteiger partial charge < -0.3 is 20.9 Å². The Hall–Kier alpha value is -2.64. The molecule has 1 unspecified atom stereocenters. The molecule has 2 aliphatic carbocycles. The van der Waals surface area contributed by atoms with E-state index >= 15 is 0 Å². The molecule has 7 heteroatoms. The largest absolute Gasteiger partial charge is 0.375 e. The third kappa shape index (κ3) is 6.01. The van der Waals surface area contributed by atoms with Crippen LogP contribution in [0.1, 0.15) is 68.0 Å². The maximum atomic E-state index is 12.5. The van der Waals surface area contributed by atoms with Crippen molar-refractivity contribution in [2.24, 2.45) is 5.92 Å². The van der Waals surface area contributed by atoms with E-state index in [-0.39, 0.29) is 5.91 Å². The molecule has 0 saturated heterocycles. The number of nitrogens with zero attached hydrogens (tertiary/aromatic N) is 2. The fraction of sp³-hybridized carbons (Fsp3) is 0.517. The molecule has 0 spiro atoms. The first-order valence-electron chi connectivity index (χ1n) is 13.6. The highest BCUT2D eigenvalue weighted by Gasteiger charge is 2.28. The minimum absolute atomic E-state index is 0.0122. The summed E-state index contributed by atoms with van der Waals surface area (Å²) in [6.07, 6.45) is 15.9. The maximum absolute atomic E-state index is 12.5. The highest BCUT2D eigenvalue weighted by atomic mass is 32.1. The predicted octanol–water partition coefficient (Wildman–Crippen LogP) is 5.55. The molecule has 1 amide bonds. The van der Waals surface area contributed by atoms with E-state index < -0.39 is 0 Å². The lowest BCUT2D eigenvalue weighted by molar-refractivity contribution is -0.117. The quantitative estimate of drug-likeness (QED) is 0.333. The maximum Gasteiger partial charge on any atom is 0.244 e. The summed E-state index contributed by atoms with van der Waals surface area (Å²) in [4.78, 5) is 24.5. The summed E-state index contributed by atoms with van der Waals surface area (Å²) in [6, 6.07) is 9.08. The van der Waals surface area contributed by atoms with Crippen molar-refractivity contribution >= 4 is 39.4 Å². The lowest BCUT2D eigenvalue weighted by atomic mass is 9.83. The Morgan fingerprint density at radius 2 is 2.06 bits per heavy atom. The van der Waals surface area contributed by atoms with Gasteiger partial charge in [-0.2, -0.15) is 0 Å². The average Bonchev–Trinajstić information content (AvgIpc) is 3.48. The summed E-state index contributed by atoms with van der Waals surface area (Å²) >= 11 is 1.68. The molecule has 1 saturated carbocycles. The fourth-order valence-corrected chi connectivity index (χ4v) is 6.99. The van der Waals surface area contributed by atoms with Gasteiger partial charge >= 0.3 is 0 Å². The number of rotatable bonds is 9. The number of H-pyrrole nitrogens is 1. The SMILES string of the molecule is CCCN(CCC1CCC(NC(=O)/C=C/c2c[nH]c3ccccc23)CC1)C1CCc2nc(N)sc2C1. The van der Waals surface area contributed by atoms with Crippen LogP contribution < -0.4 is 11.1 Å². The monoisotopic (exact) mass is 505 g/mol. The van der Waals surface area contributed by atoms with Gasteiger partial charge in [0, 0.05) is 40.1 Å². The van der Waals surface area contributed by atoms with Crippen molar-refractivity contribution in [3.05, 3.63) is 52.7 Å². The zero-order valence-corrected chi connectivity index (χ0v) is 22.2. The molecule has 1 atom stereocenters. The summed E-state index contributed by atoms with van der Waals surface area (Å²) in [6.45, 7) is 4.63. The summed E-state index contributed by atoms with van der Waals surface area (Å²) in [5.74, 6) is 0.774. The van der Waals surface area contributed by atoms with E-state index in [0.29, 0.717) is 12.1 Å². The van der Waals surface area contributed by atoms with Crippen LogP contribution in [-0.4, -0.2) is 45.9 Å². The van der Waals surface area contributed by atoms with Crippen LogP contribution in [0.25, 0.3) is 17.0 Å². The zero-order chi connectivity index (χ0) is 24.9. The first-order chi connectivity index (χ1) is 17.6. The summed E-state index contributed by atoms with van der Waals surface area (Å²) in [5, 5.41) is 5.10. The number of aromatic nitrogens is 2. The average molecular weight is 506 g/mol. The molecule has 0 radical (unpaired) electrons. The molecule has 1 fully saturated rings. The second-order valence-corrected chi connectivity index (χ2v) is 11.6. The number of nitrogen functional groups attached to an aromatic ring is 1. The third-order valence-electron chi connectivity index (χ3n) is 8.01. The molecule has 5 rings (SSSR count). The second-order valence-electron chi connectivity index (χ2n) is 10.5. The molecule has 3 aromatic rings. The molecule has 2 heterocycles. The second kappa shape index (κ2) is 11.6. The number of hydrogen-bond acceptors (Lipinski definition) is 5. The number of hydrogen-bond donors (Lipinski definition) is 3. The number of aromatic amines is 1. The number of benzene rings is 1. The Kier molecular flexibility index (Phi) is 8.07. The summed E-state index contributed by atoms with van der Waals surface area (Å²) in [7, 11) is 0. The number of anilines is 1. The lowest BCUT2D eigenvalue weighted by Gasteiger charge is -2.36. The van der Waals surface area contributed by atoms with Crippen LogP contribution >= 0.6 is 11.3 Å². The van der Waals surface area contributed by atoms with Gasteiger partial charge in [-0.3, -0.25) is 4.79 Å². The van der Waals surface area contributed by atoms with Crippen molar-refractivity contribution < 1.29 is 4.79 Å². The number of nitrogens with two attached hydrogens (primary N) is 1. The minimum Gasteiger partial charge on any atom is -0.375 e. The molecule has 0 bridgehead atoms. The molecule has 2 aromatic heterocycles. The van der Waals surface area contributed by atoms with Crippen molar-refractivity contribution in [2.45, 2.75) is 76.8 Å². The predicted molar refractivity (Wildman–Crippen MR) is 150 cm³/mol. The Morgan fingerprint density at radius 3 is 2.89 bits per heavy atom. The Morgan fingerprint density at radius 1 is 1.22 bits per heavy atom. The van der Waals surface area contributed by atoms with Crippen LogP contribution in [0.4, 0.5) is 5.13 Å². The van der Waals surface area contributed by atoms with E-state index in [4.69, 9.17) is 5.73 Å². The first-order valence-corrected chi connectivity index (χ1v) is 14.4. The molecular weight excluding hydrogens is 466 g/mol. The topological polar surface area (TPSA) is 87.0 Å². The van der Waals surface area contributed by atoms with Gasteiger partial charge in [0.15, 0.2) is 5.13 Å². The van der Waals surface area contributed by atoms with Gasteiger partial charge in [0.1, 0.15) is 0 Å². The molecule has 192 valence electrons. The number of carbonyl (C=O) groups excluding carboxylic acids is 1. The van der Waals surface area contributed by atoms with Crippen molar-refractivity contribution in [2.75, 3.05) is 18.8 Å². The lowest BCUT2D eigenvalue weighted by Crippen LogP contribution is -2.41. The number of aryl methyl sites for hydroxylation is 1. The Labute approximate surface area is 218 Å². The normalized spacial score (nSPS) is 22.3. The molecule has 36 heavy (non-hydrogen) atoms. The number of para-hydroxylation sites is 1. The highest BCUT2D eigenvalue weighted by Crippen LogP contribution is 2.32. The molecule has 6 nitrogen and oxygen atoms in total. The zero-order valence-electron chi connectivity index (χ0n) is 21.3.